The first-order chi connectivity index (χ1) is 10.1. The summed E-state index contributed by atoms with van der Waals surface area (Å²) < 4.78 is 5.62. The van der Waals surface area contributed by atoms with Gasteiger partial charge in [-0.1, -0.05) is 11.6 Å². The Morgan fingerprint density at radius 1 is 1.33 bits per heavy atom. The molecule has 1 N–H and O–H groups in total. The smallest absolute Gasteiger partial charge is 0.261 e. The van der Waals surface area contributed by atoms with Gasteiger partial charge in [0.2, 0.25) is 0 Å². The Balaban J connectivity index is 1.88. The molecule has 0 saturated carbocycles. The molecule has 0 aliphatic carbocycles. The molecule has 1 aromatic carbocycles. The molecule has 5 heteroatoms. The van der Waals surface area contributed by atoms with Crippen molar-refractivity contribution in [3.8, 4) is 5.75 Å². The Labute approximate surface area is 129 Å². The number of amides is 1. The quantitative estimate of drug-likeness (QED) is 0.923. The number of aryl methyl sites for hydroxylation is 1. The number of nitrogens with one attached hydrogen (secondary N) is 1. The minimum atomic E-state index is -0.576. The lowest BCUT2D eigenvalue weighted by atomic mass is 10.2. The Kier molecular flexibility index (Phi) is 5.17. The van der Waals surface area contributed by atoms with E-state index in [4.69, 9.17) is 16.3 Å². The maximum atomic E-state index is 12.0. The molecule has 1 aromatic heterocycles. The number of rotatable bonds is 5. The van der Waals surface area contributed by atoms with Gasteiger partial charge >= 0.3 is 0 Å². The number of hydrogen-bond acceptors (Lipinski definition) is 3. The van der Waals surface area contributed by atoms with Crippen molar-refractivity contribution in [1.82, 2.24) is 10.3 Å². The Morgan fingerprint density at radius 2 is 2.05 bits per heavy atom. The molecule has 0 saturated heterocycles. The number of carbonyl (C=O) groups is 1. The molecule has 0 radical (unpaired) electrons. The molecule has 21 heavy (non-hydrogen) atoms. The van der Waals surface area contributed by atoms with Gasteiger partial charge in [-0.15, -0.1) is 0 Å². The monoisotopic (exact) mass is 304 g/mol. The zero-order chi connectivity index (χ0) is 15.2. The minimum absolute atomic E-state index is 0.167. The number of benzene rings is 1. The van der Waals surface area contributed by atoms with E-state index < -0.39 is 6.10 Å². The highest BCUT2D eigenvalue weighted by atomic mass is 35.5. The molecule has 0 aliphatic heterocycles. The van der Waals surface area contributed by atoms with Gasteiger partial charge in [-0.2, -0.15) is 0 Å². The van der Waals surface area contributed by atoms with Crippen LogP contribution in [0.1, 0.15) is 18.1 Å². The van der Waals surface area contributed by atoms with E-state index in [1.807, 2.05) is 25.1 Å². The summed E-state index contributed by atoms with van der Waals surface area (Å²) in [6, 6.07) is 9.04. The van der Waals surface area contributed by atoms with Gasteiger partial charge in [-0.25, -0.2) is 0 Å². The summed E-state index contributed by atoms with van der Waals surface area (Å²) >= 11 is 5.96. The summed E-state index contributed by atoms with van der Waals surface area (Å²) in [4.78, 5) is 15.9. The topological polar surface area (TPSA) is 51.2 Å². The summed E-state index contributed by atoms with van der Waals surface area (Å²) in [7, 11) is 0. The number of carbonyl (C=O) groups excluding carboxylic acids is 1. The van der Waals surface area contributed by atoms with Gasteiger partial charge in [0.1, 0.15) is 5.75 Å². The fourth-order valence-electron chi connectivity index (χ4n) is 1.78. The first-order valence-corrected chi connectivity index (χ1v) is 7.03. The third-order valence-electron chi connectivity index (χ3n) is 3.03. The molecule has 2 aromatic rings. The normalized spacial score (nSPS) is 11.8. The second-order valence-electron chi connectivity index (χ2n) is 4.74. The van der Waals surface area contributed by atoms with Crippen molar-refractivity contribution in [2.24, 2.45) is 0 Å². The van der Waals surface area contributed by atoms with Crippen LogP contribution in [0.2, 0.25) is 5.02 Å². The minimum Gasteiger partial charge on any atom is -0.481 e. The molecule has 0 bridgehead atoms. The average molecular weight is 305 g/mol. The fourth-order valence-corrected chi connectivity index (χ4v) is 1.90. The van der Waals surface area contributed by atoms with Gasteiger partial charge in [0, 0.05) is 24.0 Å². The van der Waals surface area contributed by atoms with Gasteiger partial charge in [0.05, 0.1) is 0 Å². The second-order valence-corrected chi connectivity index (χ2v) is 5.15. The molecule has 0 fully saturated rings. The SMILES string of the molecule is Cc1cc(OC(C)C(=O)NCc2ccncc2)ccc1Cl. The molecule has 4 nitrogen and oxygen atoms in total. The van der Waals surface area contributed by atoms with Crippen molar-refractivity contribution in [3.05, 3.63) is 58.9 Å². The second kappa shape index (κ2) is 7.09. The highest BCUT2D eigenvalue weighted by Crippen LogP contribution is 2.21. The van der Waals surface area contributed by atoms with E-state index in [9.17, 15) is 4.79 Å². The van der Waals surface area contributed by atoms with Crippen LogP contribution in [0.3, 0.4) is 0 Å². The van der Waals surface area contributed by atoms with Crippen molar-refractivity contribution in [2.75, 3.05) is 0 Å². The van der Waals surface area contributed by atoms with Crippen LogP contribution in [0, 0.1) is 6.92 Å². The van der Waals surface area contributed by atoms with Crippen LogP contribution in [0.15, 0.2) is 42.7 Å². The molecule has 0 aliphatic rings. The first kappa shape index (κ1) is 15.3. The maximum absolute atomic E-state index is 12.0. The average Bonchev–Trinajstić information content (AvgIpc) is 2.49. The first-order valence-electron chi connectivity index (χ1n) is 6.65. The van der Waals surface area contributed by atoms with E-state index in [0.717, 1.165) is 11.1 Å². The Hall–Kier alpha value is -2.07. The molecule has 1 atom stereocenters. The van der Waals surface area contributed by atoms with E-state index in [0.29, 0.717) is 17.3 Å². The highest BCUT2D eigenvalue weighted by molar-refractivity contribution is 6.31. The maximum Gasteiger partial charge on any atom is 0.261 e. The molecular formula is C16H17ClN2O2. The highest BCUT2D eigenvalue weighted by Gasteiger charge is 2.14. The van der Waals surface area contributed by atoms with Gasteiger partial charge in [0.15, 0.2) is 6.10 Å². The predicted octanol–water partition coefficient (Wildman–Crippen LogP) is 3.13. The lowest BCUT2D eigenvalue weighted by molar-refractivity contribution is -0.127. The van der Waals surface area contributed by atoms with Crippen molar-refractivity contribution < 1.29 is 9.53 Å². The third-order valence-corrected chi connectivity index (χ3v) is 3.45. The van der Waals surface area contributed by atoms with E-state index in [2.05, 4.69) is 10.3 Å². The number of hydrogen-bond donors (Lipinski definition) is 1. The van der Waals surface area contributed by atoms with Crippen molar-refractivity contribution in [3.63, 3.8) is 0 Å². The molecule has 110 valence electrons. The Morgan fingerprint density at radius 3 is 2.71 bits per heavy atom. The van der Waals surface area contributed by atoms with E-state index >= 15 is 0 Å². The molecule has 1 unspecified atom stereocenters. The zero-order valence-electron chi connectivity index (χ0n) is 12.0. The lowest BCUT2D eigenvalue weighted by Crippen LogP contribution is -2.35. The van der Waals surface area contributed by atoms with Gasteiger partial charge in [-0.05, 0) is 55.3 Å². The molecule has 1 heterocycles. The number of halogens is 1. The third kappa shape index (κ3) is 4.46. The van der Waals surface area contributed by atoms with E-state index in [1.165, 1.54) is 0 Å². The summed E-state index contributed by atoms with van der Waals surface area (Å²) in [5.41, 5.74) is 1.91. The summed E-state index contributed by atoms with van der Waals surface area (Å²) in [5.74, 6) is 0.461. The van der Waals surface area contributed by atoms with Crippen LogP contribution in [-0.2, 0) is 11.3 Å². The Bertz CT molecular complexity index is 617. The van der Waals surface area contributed by atoms with Crippen LogP contribution in [0.5, 0.6) is 5.75 Å². The number of ether oxygens (including phenoxy) is 1. The number of nitrogens with zero attached hydrogens (tertiary/aromatic N) is 1. The predicted molar refractivity (Wildman–Crippen MR) is 82.4 cm³/mol. The summed E-state index contributed by atoms with van der Waals surface area (Å²) in [5, 5.41) is 3.51. The lowest BCUT2D eigenvalue weighted by Gasteiger charge is -2.15. The molecule has 0 spiro atoms. The van der Waals surface area contributed by atoms with Crippen LogP contribution >= 0.6 is 11.6 Å². The molecular weight excluding hydrogens is 288 g/mol. The molecule has 1 amide bonds. The van der Waals surface area contributed by atoms with Crippen molar-refractivity contribution in [2.45, 2.75) is 26.5 Å². The van der Waals surface area contributed by atoms with Crippen LogP contribution in [0.25, 0.3) is 0 Å². The standard InChI is InChI=1S/C16H17ClN2O2/c1-11-9-14(3-4-15(11)17)21-12(2)16(20)19-10-13-5-7-18-8-6-13/h3-9,12H,10H2,1-2H3,(H,19,20). The van der Waals surface area contributed by atoms with Crippen LogP contribution in [0.4, 0.5) is 0 Å². The van der Waals surface area contributed by atoms with Gasteiger partial charge in [-0.3, -0.25) is 9.78 Å². The van der Waals surface area contributed by atoms with Crippen LogP contribution in [-0.4, -0.2) is 17.0 Å². The fraction of sp³-hybridized carbons (Fsp3) is 0.250. The van der Waals surface area contributed by atoms with E-state index in [-0.39, 0.29) is 5.91 Å². The largest absolute Gasteiger partial charge is 0.481 e. The zero-order valence-corrected chi connectivity index (χ0v) is 12.7. The van der Waals surface area contributed by atoms with Crippen molar-refractivity contribution in [1.29, 1.82) is 0 Å². The summed E-state index contributed by atoms with van der Waals surface area (Å²) in [6.07, 6.45) is 2.81. The molecule has 2 rings (SSSR count). The van der Waals surface area contributed by atoms with Crippen molar-refractivity contribution >= 4 is 17.5 Å². The number of pyridine rings is 1. The van der Waals surface area contributed by atoms with Crippen LogP contribution < -0.4 is 10.1 Å². The van der Waals surface area contributed by atoms with Gasteiger partial charge < -0.3 is 10.1 Å². The number of aromatic nitrogens is 1. The summed E-state index contributed by atoms with van der Waals surface area (Å²) in [6.45, 7) is 4.06. The van der Waals surface area contributed by atoms with E-state index in [1.54, 1.807) is 31.5 Å². The van der Waals surface area contributed by atoms with Gasteiger partial charge in [0.25, 0.3) is 5.91 Å².